The van der Waals surface area contributed by atoms with E-state index in [4.69, 9.17) is 0 Å². The second-order valence-corrected chi connectivity index (χ2v) is 5.56. The highest BCUT2D eigenvalue weighted by Crippen LogP contribution is 2.31. The minimum Gasteiger partial charge on any atom is -0.346 e. The van der Waals surface area contributed by atoms with Crippen molar-refractivity contribution in [2.24, 2.45) is 5.92 Å². The summed E-state index contributed by atoms with van der Waals surface area (Å²) in [6.45, 7) is 4.55. The van der Waals surface area contributed by atoms with Gasteiger partial charge in [0.1, 0.15) is 5.65 Å². The van der Waals surface area contributed by atoms with Crippen molar-refractivity contribution in [2.45, 2.75) is 19.4 Å². The lowest BCUT2D eigenvalue weighted by molar-refractivity contribution is 0.280. The van der Waals surface area contributed by atoms with E-state index in [1.807, 2.05) is 12.4 Å². The van der Waals surface area contributed by atoms with Crippen molar-refractivity contribution in [2.75, 3.05) is 13.1 Å². The Morgan fingerprint density at radius 2 is 2.32 bits per heavy atom. The van der Waals surface area contributed by atoms with Crippen LogP contribution in [0.15, 0.2) is 30.7 Å². The van der Waals surface area contributed by atoms with Crippen LogP contribution < -0.4 is 5.32 Å². The largest absolute Gasteiger partial charge is 0.346 e. The molecule has 1 aliphatic rings. The van der Waals surface area contributed by atoms with Crippen LogP contribution >= 0.6 is 0 Å². The highest BCUT2D eigenvalue weighted by Gasteiger charge is 2.24. The molecule has 0 amide bonds. The molecule has 0 aromatic carbocycles. The molecule has 1 saturated heterocycles. The molecule has 2 unspecified atom stereocenters. The number of piperidine rings is 1. The Morgan fingerprint density at radius 3 is 3.21 bits per heavy atom. The van der Waals surface area contributed by atoms with Crippen molar-refractivity contribution in [3.8, 4) is 0 Å². The summed E-state index contributed by atoms with van der Waals surface area (Å²) in [6, 6.07) is 4.84. The fraction of sp³-hybridized carbons (Fsp3) is 0.400. The molecule has 0 bridgehead atoms. The van der Waals surface area contributed by atoms with Crippen molar-refractivity contribution >= 4 is 21.9 Å². The van der Waals surface area contributed by atoms with Gasteiger partial charge < -0.3 is 14.9 Å². The van der Waals surface area contributed by atoms with E-state index < -0.39 is 0 Å². The molecule has 98 valence electrons. The molecule has 0 saturated carbocycles. The topological polar surface area (TPSA) is 45.6 Å². The molecule has 4 rings (SSSR count). The maximum absolute atomic E-state index is 4.46. The number of aromatic amines is 1. The zero-order chi connectivity index (χ0) is 12.8. The van der Waals surface area contributed by atoms with Crippen LogP contribution in [0.4, 0.5) is 0 Å². The van der Waals surface area contributed by atoms with Gasteiger partial charge in [0.15, 0.2) is 0 Å². The number of hydrogen-bond donors (Lipinski definition) is 2. The van der Waals surface area contributed by atoms with E-state index in [0.29, 0.717) is 12.0 Å². The first-order valence-corrected chi connectivity index (χ1v) is 6.98. The Morgan fingerprint density at radius 1 is 1.37 bits per heavy atom. The number of hydrogen-bond acceptors (Lipinski definition) is 2. The number of nitrogens with one attached hydrogen (secondary N) is 2. The van der Waals surface area contributed by atoms with Gasteiger partial charge in [-0.15, -0.1) is 0 Å². The molecule has 3 aromatic heterocycles. The van der Waals surface area contributed by atoms with Gasteiger partial charge in [0, 0.05) is 41.9 Å². The van der Waals surface area contributed by atoms with E-state index in [9.17, 15) is 0 Å². The van der Waals surface area contributed by atoms with E-state index in [-0.39, 0.29) is 0 Å². The molecule has 19 heavy (non-hydrogen) atoms. The zero-order valence-corrected chi connectivity index (χ0v) is 11.1. The maximum atomic E-state index is 4.46. The molecule has 4 heteroatoms. The van der Waals surface area contributed by atoms with Gasteiger partial charge >= 0.3 is 0 Å². The van der Waals surface area contributed by atoms with Gasteiger partial charge in [-0.1, -0.05) is 6.92 Å². The van der Waals surface area contributed by atoms with E-state index >= 15 is 0 Å². The van der Waals surface area contributed by atoms with Crippen LogP contribution in [0.3, 0.4) is 0 Å². The van der Waals surface area contributed by atoms with Crippen LogP contribution in [0.25, 0.3) is 21.9 Å². The van der Waals surface area contributed by atoms with E-state index in [0.717, 1.165) is 18.7 Å². The Bertz CT molecular complexity index is 724. The Balaban J connectivity index is 1.96. The molecule has 0 radical (unpaired) electrons. The Hall–Kier alpha value is -1.81. The average Bonchev–Trinajstić information content (AvgIpc) is 3.04. The number of nitrogens with zero attached hydrogens (tertiary/aromatic N) is 2. The molecular weight excluding hydrogens is 236 g/mol. The van der Waals surface area contributed by atoms with Crippen LogP contribution in [-0.2, 0) is 0 Å². The van der Waals surface area contributed by atoms with Gasteiger partial charge in [-0.2, -0.15) is 0 Å². The minimum absolute atomic E-state index is 0.534. The molecular formula is C15H18N4. The van der Waals surface area contributed by atoms with Gasteiger partial charge in [-0.3, -0.25) is 0 Å². The van der Waals surface area contributed by atoms with Crippen molar-refractivity contribution in [3.63, 3.8) is 0 Å². The summed E-state index contributed by atoms with van der Waals surface area (Å²) in [5.41, 5.74) is 2.29. The molecule has 4 nitrogen and oxygen atoms in total. The predicted molar refractivity (Wildman–Crippen MR) is 77.3 cm³/mol. The lowest BCUT2D eigenvalue weighted by atomic mass is 9.94. The quantitative estimate of drug-likeness (QED) is 0.701. The van der Waals surface area contributed by atoms with Gasteiger partial charge in [-0.25, -0.2) is 4.98 Å². The monoisotopic (exact) mass is 254 g/mol. The average molecular weight is 254 g/mol. The molecule has 0 spiro atoms. The highest BCUT2D eigenvalue weighted by molar-refractivity contribution is 6.02. The predicted octanol–water partition coefficient (Wildman–Crippen LogP) is 2.69. The second kappa shape index (κ2) is 4.10. The number of rotatable bonds is 1. The lowest BCUT2D eigenvalue weighted by Crippen LogP contribution is -2.36. The van der Waals surface area contributed by atoms with Gasteiger partial charge in [-0.05, 0) is 31.0 Å². The van der Waals surface area contributed by atoms with Crippen LogP contribution in [0, 0.1) is 5.92 Å². The first kappa shape index (κ1) is 11.1. The van der Waals surface area contributed by atoms with Crippen molar-refractivity contribution in [1.29, 1.82) is 0 Å². The zero-order valence-electron chi connectivity index (χ0n) is 11.1. The van der Waals surface area contributed by atoms with Crippen molar-refractivity contribution in [3.05, 3.63) is 30.7 Å². The smallest absolute Gasteiger partial charge is 0.139 e. The lowest BCUT2D eigenvalue weighted by Gasteiger charge is -2.31. The first-order valence-electron chi connectivity index (χ1n) is 6.98. The third kappa shape index (κ3) is 1.60. The Kier molecular flexibility index (Phi) is 2.38. The van der Waals surface area contributed by atoms with Crippen LogP contribution in [-0.4, -0.2) is 27.6 Å². The van der Waals surface area contributed by atoms with Crippen LogP contribution in [0.5, 0.6) is 0 Å². The van der Waals surface area contributed by atoms with Crippen molar-refractivity contribution in [1.82, 2.24) is 19.9 Å². The van der Waals surface area contributed by atoms with Gasteiger partial charge in [0.2, 0.25) is 0 Å². The summed E-state index contributed by atoms with van der Waals surface area (Å²) >= 11 is 0. The minimum atomic E-state index is 0.534. The molecule has 3 aromatic rings. The normalized spacial score (nSPS) is 24.3. The van der Waals surface area contributed by atoms with E-state index in [1.54, 1.807) is 0 Å². The summed E-state index contributed by atoms with van der Waals surface area (Å²) < 4.78 is 2.43. The second-order valence-electron chi connectivity index (χ2n) is 5.56. The van der Waals surface area contributed by atoms with Crippen LogP contribution in [0.2, 0.25) is 0 Å². The molecule has 0 aliphatic carbocycles. The summed E-state index contributed by atoms with van der Waals surface area (Å²) in [4.78, 5) is 7.67. The maximum Gasteiger partial charge on any atom is 0.139 e. The third-order valence-electron chi connectivity index (χ3n) is 4.40. The fourth-order valence-corrected chi connectivity index (χ4v) is 3.28. The van der Waals surface area contributed by atoms with Crippen LogP contribution in [0.1, 0.15) is 19.4 Å². The Labute approximate surface area is 111 Å². The fourth-order valence-electron chi connectivity index (χ4n) is 3.28. The van der Waals surface area contributed by atoms with Gasteiger partial charge in [0.05, 0.1) is 5.52 Å². The summed E-state index contributed by atoms with van der Waals surface area (Å²) in [6.07, 6.45) is 7.39. The molecule has 4 heterocycles. The number of H-pyrrole nitrogens is 1. The van der Waals surface area contributed by atoms with E-state index in [1.165, 1.54) is 22.7 Å². The summed E-state index contributed by atoms with van der Waals surface area (Å²) in [7, 11) is 0. The standard InChI is InChI=1S/C15H18N4/c1-10-2-5-16-9-13(10)19-7-4-11-8-18-15-12(14(11)19)3-6-17-15/h3-4,6-8,10,13,16H,2,5,9H2,1H3,(H,17,18). The first-order chi connectivity index (χ1) is 9.34. The highest BCUT2D eigenvalue weighted by atomic mass is 15.1. The molecule has 2 atom stereocenters. The molecule has 2 N–H and O–H groups in total. The molecule has 1 aliphatic heterocycles. The SMILES string of the molecule is CC1CCNCC1n1ccc2cnc3[nH]ccc3c21. The number of pyridine rings is 1. The van der Waals surface area contributed by atoms with E-state index in [2.05, 4.69) is 45.1 Å². The number of aromatic nitrogens is 3. The van der Waals surface area contributed by atoms with Crippen molar-refractivity contribution < 1.29 is 0 Å². The third-order valence-corrected chi connectivity index (χ3v) is 4.40. The number of fused-ring (bicyclic) bond motifs is 3. The summed E-state index contributed by atoms with van der Waals surface area (Å²) in [5, 5.41) is 5.97. The molecule has 1 fully saturated rings. The summed E-state index contributed by atoms with van der Waals surface area (Å²) in [5.74, 6) is 0.707. The van der Waals surface area contributed by atoms with Gasteiger partial charge in [0.25, 0.3) is 0 Å².